The molecular formula is C11H12ClN3O. The summed E-state index contributed by atoms with van der Waals surface area (Å²) in [7, 11) is 1.83. The lowest BCUT2D eigenvalue weighted by molar-refractivity contribution is 0.447. The quantitative estimate of drug-likeness (QED) is 0.884. The molecule has 0 fully saturated rings. The molecule has 0 unspecified atom stereocenters. The second-order valence-corrected chi connectivity index (χ2v) is 3.86. The van der Waals surface area contributed by atoms with Gasteiger partial charge in [-0.15, -0.1) is 10.2 Å². The normalized spacial score (nSPS) is 10.6. The third-order valence-corrected chi connectivity index (χ3v) is 2.32. The predicted molar refractivity (Wildman–Crippen MR) is 61.3 cm³/mol. The molecule has 0 amide bonds. The Morgan fingerprint density at radius 3 is 2.88 bits per heavy atom. The Morgan fingerprint density at radius 2 is 2.12 bits per heavy atom. The molecule has 4 nitrogen and oxygen atoms in total. The fraction of sp³-hybridized carbons (Fsp3) is 0.273. The van der Waals surface area contributed by atoms with E-state index in [4.69, 9.17) is 16.0 Å². The fourth-order valence-electron chi connectivity index (χ4n) is 1.40. The van der Waals surface area contributed by atoms with Gasteiger partial charge in [-0.25, -0.2) is 0 Å². The van der Waals surface area contributed by atoms with Gasteiger partial charge in [0, 0.05) is 5.02 Å². The minimum Gasteiger partial charge on any atom is -0.424 e. The summed E-state index contributed by atoms with van der Waals surface area (Å²) in [6.45, 7) is 0.586. The van der Waals surface area contributed by atoms with Crippen molar-refractivity contribution in [3.05, 3.63) is 46.6 Å². The Morgan fingerprint density at radius 1 is 1.31 bits per heavy atom. The molecule has 0 bridgehead atoms. The van der Waals surface area contributed by atoms with Crippen molar-refractivity contribution in [2.75, 3.05) is 7.05 Å². The minimum absolute atomic E-state index is 0.586. The van der Waals surface area contributed by atoms with Gasteiger partial charge in [-0.3, -0.25) is 0 Å². The summed E-state index contributed by atoms with van der Waals surface area (Å²) in [6.07, 6.45) is 0.608. The maximum atomic E-state index is 5.89. The summed E-state index contributed by atoms with van der Waals surface area (Å²) < 4.78 is 5.44. The van der Waals surface area contributed by atoms with Gasteiger partial charge in [0.15, 0.2) is 0 Å². The molecule has 1 N–H and O–H groups in total. The van der Waals surface area contributed by atoms with E-state index in [-0.39, 0.29) is 0 Å². The topological polar surface area (TPSA) is 51.0 Å². The second kappa shape index (κ2) is 5.09. The van der Waals surface area contributed by atoms with Crippen LogP contribution in [-0.4, -0.2) is 17.2 Å². The lowest BCUT2D eigenvalue weighted by Gasteiger charge is -1.97. The second-order valence-electron chi connectivity index (χ2n) is 3.43. The first-order valence-electron chi connectivity index (χ1n) is 4.98. The number of hydrogen-bond donors (Lipinski definition) is 1. The average molecular weight is 238 g/mol. The first-order valence-corrected chi connectivity index (χ1v) is 5.36. The van der Waals surface area contributed by atoms with Gasteiger partial charge in [-0.2, -0.15) is 0 Å². The van der Waals surface area contributed by atoms with E-state index < -0.39 is 0 Å². The van der Waals surface area contributed by atoms with Crippen LogP contribution in [0.25, 0.3) is 0 Å². The van der Waals surface area contributed by atoms with E-state index in [2.05, 4.69) is 15.5 Å². The highest BCUT2D eigenvalue weighted by Gasteiger charge is 2.06. The summed E-state index contributed by atoms with van der Waals surface area (Å²) in [5.41, 5.74) is 1.06. The average Bonchev–Trinajstić information content (AvgIpc) is 2.66. The largest absolute Gasteiger partial charge is 0.424 e. The van der Waals surface area contributed by atoms with E-state index in [1.165, 1.54) is 0 Å². The standard InChI is InChI=1S/C11H12ClN3O/c1-13-7-11-15-14-10(16-11)6-8-3-2-4-9(12)5-8/h2-5,13H,6-7H2,1H3. The highest BCUT2D eigenvalue weighted by Crippen LogP contribution is 2.14. The van der Waals surface area contributed by atoms with E-state index in [1.807, 2.05) is 31.3 Å². The zero-order chi connectivity index (χ0) is 11.4. The SMILES string of the molecule is CNCc1nnc(Cc2cccc(Cl)c2)o1. The molecule has 5 heteroatoms. The summed E-state index contributed by atoms with van der Waals surface area (Å²) >= 11 is 5.89. The fourth-order valence-corrected chi connectivity index (χ4v) is 1.62. The van der Waals surface area contributed by atoms with Crippen LogP contribution < -0.4 is 5.32 Å². The van der Waals surface area contributed by atoms with Crippen LogP contribution in [0.5, 0.6) is 0 Å². The Labute approximate surface area is 98.6 Å². The molecule has 84 valence electrons. The Hall–Kier alpha value is -1.39. The van der Waals surface area contributed by atoms with Crippen LogP contribution in [0.3, 0.4) is 0 Å². The van der Waals surface area contributed by atoms with Crippen molar-refractivity contribution in [2.24, 2.45) is 0 Å². The number of hydrogen-bond acceptors (Lipinski definition) is 4. The first kappa shape index (κ1) is 11.1. The van der Waals surface area contributed by atoms with Crippen LogP contribution in [0, 0.1) is 0 Å². The van der Waals surface area contributed by atoms with Crippen LogP contribution in [-0.2, 0) is 13.0 Å². The van der Waals surface area contributed by atoms with Crippen molar-refractivity contribution in [1.29, 1.82) is 0 Å². The molecule has 0 radical (unpaired) electrons. The number of aromatic nitrogens is 2. The van der Waals surface area contributed by atoms with E-state index >= 15 is 0 Å². The van der Waals surface area contributed by atoms with Crippen LogP contribution >= 0.6 is 11.6 Å². The third-order valence-electron chi connectivity index (χ3n) is 2.08. The first-order chi connectivity index (χ1) is 7.78. The minimum atomic E-state index is 0.586. The van der Waals surface area contributed by atoms with Gasteiger partial charge in [-0.1, -0.05) is 23.7 Å². The molecule has 0 atom stereocenters. The van der Waals surface area contributed by atoms with Gasteiger partial charge < -0.3 is 9.73 Å². The van der Waals surface area contributed by atoms with E-state index in [9.17, 15) is 0 Å². The van der Waals surface area contributed by atoms with Crippen LogP contribution in [0.1, 0.15) is 17.3 Å². The van der Waals surface area contributed by atoms with E-state index in [0.717, 1.165) is 5.56 Å². The Kier molecular flexibility index (Phi) is 3.54. The maximum Gasteiger partial charge on any atom is 0.230 e. The van der Waals surface area contributed by atoms with Gasteiger partial charge in [0.2, 0.25) is 11.8 Å². The van der Waals surface area contributed by atoms with Crippen molar-refractivity contribution >= 4 is 11.6 Å². The molecule has 2 aromatic rings. The van der Waals surface area contributed by atoms with Crippen molar-refractivity contribution in [2.45, 2.75) is 13.0 Å². The molecule has 16 heavy (non-hydrogen) atoms. The van der Waals surface area contributed by atoms with E-state index in [0.29, 0.717) is 29.8 Å². The number of rotatable bonds is 4. The summed E-state index contributed by atoms with van der Waals surface area (Å²) in [4.78, 5) is 0. The van der Waals surface area contributed by atoms with Crippen LogP contribution in [0.4, 0.5) is 0 Å². The molecule has 2 rings (SSSR count). The molecule has 0 aliphatic rings. The number of benzene rings is 1. The third kappa shape index (κ3) is 2.81. The predicted octanol–water partition coefficient (Wildman–Crippen LogP) is 2.03. The summed E-state index contributed by atoms with van der Waals surface area (Å²) in [6, 6.07) is 7.62. The highest BCUT2D eigenvalue weighted by molar-refractivity contribution is 6.30. The smallest absolute Gasteiger partial charge is 0.230 e. The highest BCUT2D eigenvalue weighted by atomic mass is 35.5. The maximum absolute atomic E-state index is 5.89. The van der Waals surface area contributed by atoms with Gasteiger partial charge in [-0.05, 0) is 24.7 Å². The Balaban J connectivity index is 2.08. The molecular weight excluding hydrogens is 226 g/mol. The monoisotopic (exact) mass is 237 g/mol. The van der Waals surface area contributed by atoms with Gasteiger partial charge in [0.1, 0.15) is 0 Å². The van der Waals surface area contributed by atoms with Gasteiger partial charge >= 0.3 is 0 Å². The zero-order valence-corrected chi connectivity index (χ0v) is 9.66. The molecule has 1 heterocycles. The molecule has 0 spiro atoms. The van der Waals surface area contributed by atoms with Crippen molar-refractivity contribution < 1.29 is 4.42 Å². The molecule has 0 aliphatic heterocycles. The summed E-state index contributed by atoms with van der Waals surface area (Å²) in [5.74, 6) is 1.20. The Bertz CT molecular complexity index is 470. The number of nitrogens with one attached hydrogen (secondary N) is 1. The van der Waals surface area contributed by atoms with Gasteiger partial charge in [0.25, 0.3) is 0 Å². The van der Waals surface area contributed by atoms with Crippen LogP contribution in [0.15, 0.2) is 28.7 Å². The molecule has 0 aliphatic carbocycles. The van der Waals surface area contributed by atoms with E-state index in [1.54, 1.807) is 0 Å². The van der Waals surface area contributed by atoms with Gasteiger partial charge in [0.05, 0.1) is 13.0 Å². The van der Waals surface area contributed by atoms with Crippen LogP contribution in [0.2, 0.25) is 5.02 Å². The number of nitrogens with zero attached hydrogens (tertiary/aromatic N) is 2. The lowest BCUT2D eigenvalue weighted by Crippen LogP contribution is -2.04. The molecule has 0 saturated heterocycles. The summed E-state index contributed by atoms with van der Waals surface area (Å²) in [5, 5.41) is 11.5. The lowest BCUT2D eigenvalue weighted by atomic mass is 10.1. The van der Waals surface area contributed by atoms with Crippen molar-refractivity contribution in [3.8, 4) is 0 Å². The molecule has 1 aromatic heterocycles. The van der Waals surface area contributed by atoms with Crippen molar-refractivity contribution in [3.63, 3.8) is 0 Å². The number of halogens is 1. The van der Waals surface area contributed by atoms with Crippen molar-refractivity contribution in [1.82, 2.24) is 15.5 Å². The zero-order valence-electron chi connectivity index (χ0n) is 8.90. The molecule has 1 aromatic carbocycles. The molecule has 0 saturated carbocycles.